The molecule has 3 heteroatoms. The predicted molar refractivity (Wildman–Crippen MR) is 23.3 cm³/mol. The van der Waals surface area contributed by atoms with Crippen LogP contribution < -0.4 is 0 Å². The molecule has 1 unspecified atom stereocenters. The van der Waals surface area contributed by atoms with Gasteiger partial charge in [-0.3, -0.25) is 0 Å². The van der Waals surface area contributed by atoms with E-state index in [4.69, 9.17) is 5.11 Å². The second-order valence-corrected chi connectivity index (χ2v) is 1.10. The molecule has 0 aromatic carbocycles. The number of aliphatic hydroxyl groups is 1. The molecule has 0 bridgehead atoms. The number of rotatable bonds is 2. The van der Waals surface area contributed by atoms with Gasteiger partial charge >= 0.3 is 0 Å². The predicted octanol–water partition coefficient (Wildman–Crippen LogP) is 0.359. The minimum Gasteiger partial charge on any atom is -0.368 e. The second kappa shape index (κ2) is 6.50. The Bertz CT molecular complexity index is 28.9. The summed E-state index contributed by atoms with van der Waals surface area (Å²) >= 11 is 0. The Balaban J connectivity index is 0. The van der Waals surface area contributed by atoms with Gasteiger partial charge in [-0.2, -0.15) is 0 Å². The zero-order valence-corrected chi connectivity index (χ0v) is 5.98. The SMILES string of the molecule is CCC(O)OC.[V]. The molecule has 0 rings (SSSR count). The van der Waals surface area contributed by atoms with Gasteiger partial charge in [-0.25, -0.2) is 0 Å². The van der Waals surface area contributed by atoms with Gasteiger partial charge in [-0.15, -0.1) is 0 Å². The van der Waals surface area contributed by atoms with Crippen molar-refractivity contribution in [1.29, 1.82) is 0 Å². The summed E-state index contributed by atoms with van der Waals surface area (Å²) in [5, 5.41) is 8.44. The molecule has 0 aromatic rings. The quantitative estimate of drug-likeness (QED) is 0.562. The molecule has 0 aliphatic heterocycles. The van der Waals surface area contributed by atoms with Gasteiger partial charge in [0, 0.05) is 25.7 Å². The Morgan fingerprint density at radius 3 is 2.14 bits per heavy atom. The summed E-state index contributed by atoms with van der Waals surface area (Å²) < 4.78 is 4.45. The van der Waals surface area contributed by atoms with Gasteiger partial charge in [0.25, 0.3) is 0 Å². The van der Waals surface area contributed by atoms with E-state index in [1.165, 1.54) is 7.11 Å². The van der Waals surface area contributed by atoms with Crippen LogP contribution in [0.4, 0.5) is 0 Å². The van der Waals surface area contributed by atoms with Crippen molar-refractivity contribution in [3.05, 3.63) is 0 Å². The maximum atomic E-state index is 8.44. The summed E-state index contributed by atoms with van der Waals surface area (Å²) in [4.78, 5) is 0. The summed E-state index contributed by atoms with van der Waals surface area (Å²) in [7, 11) is 1.48. The second-order valence-electron chi connectivity index (χ2n) is 1.10. The van der Waals surface area contributed by atoms with Gasteiger partial charge in [-0.05, 0) is 6.42 Å². The van der Waals surface area contributed by atoms with Crippen molar-refractivity contribution < 1.29 is 28.4 Å². The van der Waals surface area contributed by atoms with Crippen molar-refractivity contribution in [2.45, 2.75) is 19.6 Å². The first-order valence-corrected chi connectivity index (χ1v) is 2.02. The van der Waals surface area contributed by atoms with Gasteiger partial charge < -0.3 is 9.84 Å². The normalized spacial score (nSPS) is 12.4. The number of methoxy groups -OCH3 is 1. The Labute approximate surface area is 55.7 Å². The first-order chi connectivity index (χ1) is 2.81. The molecule has 0 aliphatic rings. The van der Waals surface area contributed by atoms with E-state index in [1.807, 2.05) is 6.92 Å². The minimum atomic E-state index is -0.565. The van der Waals surface area contributed by atoms with Crippen molar-refractivity contribution in [3.63, 3.8) is 0 Å². The summed E-state index contributed by atoms with van der Waals surface area (Å²) in [5.74, 6) is 0. The van der Waals surface area contributed by atoms with E-state index in [2.05, 4.69) is 4.74 Å². The van der Waals surface area contributed by atoms with E-state index in [1.54, 1.807) is 0 Å². The van der Waals surface area contributed by atoms with Gasteiger partial charge in [0.1, 0.15) is 0 Å². The molecular formula is C4H10O2V. The number of hydrogen-bond acceptors (Lipinski definition) is 2. The van der Waals surface area contributed by atoms with Crippen LogP contribution in [0, 0.1) is 0 Å². The van der Waals surface area contributed by atoms with E-state index in [-0.39, 0.29) is 18.6 Å². The molecule has 2 nitrogen and oxygen atoms in total. The van der Waals surface area contributed by atoms with Crippen molar-refractivity contribution in [3.8, 4) is 0 Å². The Morgan fingerprint density at radius 2 is 2.14 bits per heavy atom. The zero-order valence-electron chi connectivity index (χ0n) is 4.59. The van der Waals surface area contributed by atoms with Crippen LogP contribution in [0.1, 0.15) is 13.3 Å². The number of aliphatic hydroxyl groups excluding tert-OH is 1. The molecule has 1 N–H and O–H groups in total. The van der Waals surface area contributed by atoms with Gasteiger partial charge in [0.2, 0.25) is 0 Å². The molecule has 0 fully saturated rings. The van der Waals surface area contributed by atoms with Crippen LogP contribution in [0.5, 0.6) is 0 Å². The first-order valence-electron chi connectivity index (χ1n) is 2.02. The molecule has 0 saturated heterocycles. The summed E-state index contributed by atoms with van der Waals surface area (Å²) in [6.45, 7) is 1.86. The van der Waals surface area contributed by atoms with E-state index in [9.17, 15) is 0 Å². The van der Waals surface area contributed by atoms with Crippen molar-refractivity contribution in [2.24, 2.45) is 0 Å². The molecule has 0 aliphatic carbocycles. The molecule has 0 heterocycles. The van der Waals surface area contributed by atoms with Crippen LogP contribution in [0.2, 0.25) is 0 Å². The minimum absolute atomic E-state index is 0. The standard InChI is InChI=1S/C4H10O2.V/c1-3-4(5)6-2;/h4-5H,3H2,1-2H3;. The summed E-state index contributed by atoms with van der Waals surface area (Å²) in [6, 6.07) is 0. The molecule has 1 radical (unpaired) electrons. The van der Waals surface area contributed by atoms with Crippen LogP contribution >= 0.6 is 0 Å². The van der Waals surface area contributed by atoms with E-state index < -0.39 is 6.29 Å². The maximum Gasteiger partial charge on any atom is 0.153 e. The fraction of sp³-hybridized carbons (Fsp3) is 1.00. The molecule has 0 saturated carbocycles. The van der Waals surface area contributed by atoms with Crippen molar-refractivity contribution in [2.75, 3.05) is 7.11 Å². The van der Waals surface area contributed by atoms with Crippen molar-refractivity contribution >= 4 is 0 Å². The average Bonchev–Trinajstić information content (AvgIpc) is 1.65. The molecular weight excluding hydrogens is 131 g/mol. The van der Waals surface area contributed by atoms with Crippen LogP contribution in [0.15, 0.2) is 0 Å². The fourth-order valence-corrected chi connectivity index (χ4v) is 0.167. The number of ether oxygens (including phenoxy) is 1. The van der Waals surface area contributed by atoms with E-state index in [0.29, 0.717) is 6.42 Å². The van der Waals surface area contributed by atoms with Crippen LogP contribution in [-0.2, 0) is 23.3 Å². The van der Waals surface area contributed by atoms with Gasteiger partial charge in [-0.1, -0.05) is 6.92 Å². The molecule has 0 aromatic heterocycles. The topological polar surface area (TPSA) is 29.5 Å². The molecule has 1 atom stereocenters. The third-order valence-corrected chi connectivity index (χ3v) is 0.621. The molecule has 43 valence electrons. The van der Waals surface area contributed by atoms with E-state index >= 15 is 0 Å². The summed E-state index contributed by atoms with van der Waals surface area (Å²) in [6.07, 6.45) is 0.0984. The smallest absolute Gasteiger partial charge is 0.153 e. The largest absolute Gasteiger partial charge is 0.368 e. The van der Waals surface area contributed by atoms with Crippen LogP contribution in [0.3, 0.4) is 0 Å². The third-order valence-electron chi connectivity index (χ3n) is 0.621. The zero-order chi connectivity index (χ0) is 4.99. The Hall–Kier alpha value is 0.504. The molecule has 0 amide bonds. The van der Waals surface area contributed by atoms with Gasteiger partial charge in [0.05, 0.1) is 0 Å². The Morgan fingerprint density at radius 1 is 1.71 bits per heavy atom. The molecule has 7 heavy (non-hydrogen) atoms. The van der Waals surface area contributed by atoms with E-state index in [0.717, 1.165) is 0 Å². The molecule has 0 spiro atoms. The monoisotopic (exact) mass is 141 g/mol. The van der Waals surface area contributed by atoms with Crippen molar-refractivity contribution in [1.82, 2.24) is 0 Å². The fourth-order valence-electron chi connectivity index (χ4n) is 0.167. The first kappa shape index (κ1) is 10.5. The Kier molecular flexibility index (Phi) is 9.74. The van der Waals surface area contributed by atoms with Crippen LogP contribution in [-0.4, -0.2) is 18.5 Å². The van der Waals surface area contributed by atoms with Crippen LogP contribution in [0.25, 0.3) is 0 Å². The third kappa shape index (κ3) is 6.50. The number of hydrogen-bond donors (Lipinski definition) is 1. The van der Waals surface area contributed by atoms with Gasteiger partial charge in [0.15, 0.2) is 6.29 Å². The average molecular weight is 141 g/mol. The summed E-state index contributed by atoms with van der Waals surface area (Å²) in [5.41, 5.74) is 0. The maximum absolute atomic E-state index is 8.44.